The van der Waals surface area contributed by atoms with Gasteiger partial charge >= 0.3 is 0 Å². The Bertz CT molecular complexity index is 3230. The summed E-state index contributed by atoms with van der Waals surface area (Å²) in [5, 5.41) is 0. The summed E-state index contributed by atoms with van der Waals surface area (Å²) >= 11 is 0. The molecule has 0 atom stereocenters. The molecule has 4 aromatic heterocycles. The Morgan fingerprint density at radius 2 is 0.797 bits per heavy atom. The number of ether oxygens (including phenoxy) is 3. The highest BCUT2D eigenvalue weighted by Crippen LogP contribution is 2.30. The zero-order valence-corrected chi connectivity index (χ0v) is 47.7. The number of H-pyrrole nitrogens is 4. The van der Waals surface area contributed by atoms with E-state index in [0.29, 0.717) is 13.2 Å². The maximum Gasteiger partial charge on any atom is 0.122 e. The highest BCUT2D eigenvalue weighted by Gasteiger charge is 2.15. The zero-order valence-electron chi connectivity index (χ0n) is 47.7. The van der Waals surface area contributed by atoms with Crippen LogP contribution in [0.4, 0.5) is 0 Å². The van der Waals surface area contributed by atoms with Crippen LogP contribution >= 0.6 is 0 Å². The Hall–Kier alpha value is -8.44. The number of benzene rings is 6. The number of nitrogens with one attached hydrogen (secondary N) is 4. The Kier molecular flexibility index (Phi) is 22.9. The Morgan fingerprint density at radius 3 is 1.23 bits per heavy atom. The van der Waals surface area contributed by atoms with Crippen molar-refractivity contribution in [2.45, 2.75) is 119 Å². The number of hydrogen-bond acceptors (Lipinski definition) is 7. The fourth-order valence-corrected chi connectivity index (χ4v) is 9.98. The topological polar surface area (TPSA) is 142 Å². The van der Waals surface area contributed by atoms with Gasteiger partial charge in [-0.15, -0.1) is 0 Å². The first-order chi connectivity index (χ1) is 38.8. The summed E-state index contributed by atoms with van der Waals surface area (Å²) in [4.78, 5) is 29.1. The standard InChI is InChI=1S/C21H24N2O.C16H22N2O.C16H14N2.C15H20N2O/c1-3-17-10-20(24-14-16-8-6-5-7-9-16)11-18(4-2)21(17)12-19-13-22-15-23-19;1-4-12-7-15(19-6-3)8-13(5-2)16(12)9-14-10-17-11-18-14;1-2-6-14(7-3-1)15-8-4-5-13(9-15)10-16-11-17-12-18-16;1-4-11-6-7-15(18-3)13(5-2)14(11)8-12-9-16-10-17-12/h5-11,13,15H,3-4,12,14H2,1-2H3,(H,22,23);7-8,10-11H,4-6,9H2,1-3H3,(H,17,18);1-9,11-12H,10H2,(H,17,18);6-7,9-10H,4-5,8H2,1-3H3,(H,16,17). The lowest BCUT2D eigenvalue weighted by atomic mass is 9.93. The second kappa shape index (κ2) is 31.1. The quantitative estimate of drug-likeness (QED) is 0.0561. The number of hydrogen-bond donors (Lipinski definition) is 4. The number of aryl methyl sites for hydroxylation is 5. The molecule has 0 unspecified atom stereocenters. The molecule has 0 amide bonds. The minimum absolute atomic E-state index is 0.604. The third kappa shape index (κ3) is 17.0. The molecule has 0 radical (unpaired) electrons. The van der Waals surface area contributed by atoms with Crippen LogP contribution in [-0.2, 0) is 70.8 Å². The van der Waals surface area contributed by atoms with E-state index in [1.807, 2.05) is 56.0 Å². The first-order valence-electron chi connectivity index (χ1n) is 28.1. The molecule has 11 nitrogen and oxygen atoms in total. The molecule has 0 aliphatic heterocycles. The molecule has 79 heavy (non-hydrogen) atoms. The van der Waals surface area contributed by atoms with Gasteiger partial charge in [0, 0.05) is 73.2 Å². The summed E-state index contributed by atoms with van der Waals surface area (Å²) in [7, 11) is 1.74. The number of methoxy groups -OCH3 is 1. The van der Waals surface area contributed by atoms with Gasteiger partial charge in [-0.05, 0) is 148 Å². The van der Waals surface area contributed by atoms with Crippen molar-refractivity contribution in [1.29, 1.82) is 0 Å². The van der Waals surface area contributed by atoms with Crippen LogP contribution in [0.2, 0.25) is 0 Å². The lowest BCUT2D eigenvalue weighted by Crippen LogP contribution is -2.03. The monoisotopic (exact) mass is 1060 g/mol. The molecule has 0 spiro atoms. The fraction of sp³-hybridized carbons (Fsp3) is 0.294. The largest absolute Gasteiger partial charge is 0.496 e. The van der Waals surface area contributed by atoms with Crippen molar-refractivity contribution in [1.82, 2.24) is 39.9 Å². The fourth-order valence-electron chi connectivity index (χ4n) is 9.98. The van der Waals surface area contributed by atoms with Crippen LogP contribution in [0, 0.1) is 0 Å². The van der Waals surface area contributed by atoms with Gasteiger partial charge in [0.2, 0.25) is 0 Å². The molecule has 0 fully saturated rings. The maximum absolute atomic E-state index is 6.05. The van der Waals surface area contributed by atoms with Crippen LogP contribution < -0.4 is 14.2 Å². The molecule has 11 heteroatoms. The van der Waals surface area contributed by atoms with Crippen LogP contribution in [0.1, 0.15) is 132 Å². The molecule has 4 heterocycles. The van der Waals surface area contributed by atoms with Crippen molar-refractivity contribution >= 4 is 0 Å². The minimum Gasteiger partial charge on any atom is -0.496 e. The van der Waals surface area contributed by atoms with Gasteiger partial charge < -0.3 is 34.1 Å². The first kappa shape index (κ1) is 58.2. The smallest absolute Gasteiger partial charge is 0.122 e. The van der Waals surface area contributed by atoms with Gasteiger partial charge in [-0.25, -0.2) is 19.9 Å². The van der Waals surface area contributed by atoms with E-state index >= 15 is 0 Å². The second-order valence-electron chi connectivity index (χ2n) is 19.2. The average Bonchev–Trinajstić information content (AvgIpc) is 4.39. The van der Waals surface area contributed by atoms with Crippen molar-refractivity contribution in [3.8, 4) is 28.4 Å². The number of aromatic nitrogens is 8. The van der Waals surface area contributed by atoms with Crippen molar-refractivity contribution in [2.75, 3.05) is 13.7 Å². The van der Waals surface area contributed by atoms with Gasteiger partial charge in [0.1, 0.15) is 23.9 Å². The number of aromatic amines is 4. The molecule has 0 saturated heterocycles. The van der Waals surface area contributed by atoms with Gasteiger partial charge in [-0.3, -0.25) is 0 Å². The molecule has 4 N–H and O–H groups in total. The molecule has 0 bridgehead atoms. The van der Waals surface area contributed by atoms with Crippen LogP contribution in [0.15, 0.2) is 171 Å². The van der Waals surface area contributed by atoms with Crippen LogP contribution in [-0.4, -0.2) is 53.6 Å². The average molecular weight is 1060 g/mol. The molecule has 0 saturated carbocycles. The van der Waals surface area contributed by atoms with Crippen LogP contribution in [0.5, 0.6) is 17.2 Å². The van der Waals surface area contributed by atoms with Gasteiger partial charge in [-0.2, -0.15) is 0 Å². The van der Waals surface area contributed by atoms with E-state index in [4.69, 9.17) is 14.2 Å². The maximum atomic E-state index is 6.05. The van der Waals surface area contributed by atoms with Crippen LogP contribution in [0.3, 0.4) is 0 Å². The molecule has 10 rings (SSSR count). The Morgan fingerprint density at radius 1 is 0.367 bits per heavy atom. The van der Waals surface area contributed by atoms with E-state index < -0.39 is 0 Å². The predicted octanol–water partition coefficient (Wildman–Crippen LogP) is 15.0. The summed E-state index contributed by atoms with van der Waals surface area (Å²) in [6.07, 6.45) is 24.2. The van der Waals surface area contributed by atoms with Crippen molar-refractivity contribution in [3.05, 3.63) is 255 Å². The number of rotatable bonds is 21. The van der Waals surface area contributed by atoms with Crippen molar-refractivity contribution < 1.29 is 14.2 Å². The predicted molar refractivity (Wildman–Crippen MR) is 322 cm³/mol. The molecule has 410 valence electrons. The highest BCUT2D eigenvalue weighted by molar-refractivity contribution is 5.64. The lowest BCUT2D eigenvalue weighted by Gasteiger charge is -2.16. The van der Waals surface area contributed by atoms with Crippen molar-refractivity contribution in [3.63, 3.8) is 0 Å². The van der Waals surface area contributed by atoms with E-state index in [0.717, 1.165) is 104 Å². The van der Waals surface area contributed by atoms with E-state index in [1.165, 1.54) is 72.3 Å². The van der Waals surface area contributed by atoms with E-state index in [2.05, 4.69) is 178 Å². The van der Waals surface area contributed by atoms with Crippen molar-refractivity contribution in [2.24, 2.45) is 0 Å². The van der Waals surface area contributed by atoms with E-state index in [-0.39, 0.29) is 0 Å². The highest BCUT2D eigenvalue weighted by atomic mass is 16.5. The zero-order chi connectivity index (χ0) is 55.6. The lowest BCUT2D eigenvalue weighted by molar-refractivity contribution is 0.305. The number of imidazole rings is 4. The van der Waals surface area contributed by atoms with Gasteiger partial charge in [-0.1, -0.05) is 133 Å². The molecule has 0 aliphatic carbocycles. The first-order valence-corrected chi connectivity index (χ1v) is 28.1. The molecule has 0 aliphatic rings. The third-order valence-corrected chi connectivity index (χ3v) is 14.1. The molecule has 6 aromatic carbocycles. The Balaban J connectivity index is 0.000000154. The second-order valence-corrected chi connectivity index (χ2v) is 19.2. The molecular formula is C68H80N8O3. The van der Waals surface area contributed by atoms with Crippen LogP contribution in [0.25, 0.3) is 11.1 Å². The minimum atomic E-state index is 0.604. The molecular weight excluding hydrogens is 977 g/mol. The molecule has 10 aromatic rings. The number of nitrogens with zero attached hydrogens (tertiary/aromatic N) is 4. The van der Waals surface area contributed by atoms with Gasteiger partial charge in [0.05, 0.1) is 39.0 Å². The summed E-state index contributed by atoms with van der Waals surface area (Å²) in [5.74, 6) is 2.94. The summed E-state index contributed by atoms with van der Waals surface area (Å²) < 4.78 is 17.2. The van der Waals surface area contributed by atoms with Gasteiger partial charge in [0.15, 0.2) is 0 Å². The summed E-state index contributed by atoms with van der Waals surface area (Å²) in [5.41, 5.74) is 21.9. The normalized spacial score (nSPS) is 10.6. The summed E-state index contributed by atoms with van der Waals surface area (Å²) in [6.45, 7) is 16.5. The van der Waals surface area contributed by atoms with E-state index in [1.54, 1.807) is 32.4 Å². The van der Waals surface area contributed by atoms with Gasteiger partial charge in [0.25, 0.3) is 0 Å². The third-order valence-electron chi connectivity index (χ3n) is 14.1. The Labute approximate surface area is 468 Å². The summed E-state index contributed by atoms with van der Waals surface area (Å²) in [6, 6.07) is 42.3. The SMILES string of the molecule is CCOc1cc(CC)c(Cc2cnc[nH]2)c(CC)c1.CCc1cc(OCc2ccccc2)cc(CC)c1Cc1cnc[nH]1.CCc1ccc(OC)c(CC)c1Cc1cnc[nH]1.c1ccc(-c2cccc(Cc3cnc[nH]3)c2)cc1. The van der Waals surface area contributed by atoms with E-state index in [9.17, 15) is 0 Å².